The second-order valence-corrected chi connectivity index (χ2v) is 10.5. The number of phenols is 1. The maximum absolute atomic E-state index is 13.6. The SMILES string of the molecule is CCCC=C1OC(=O)C2=C1CCC1C3CCC4(C(=CCCC)OC(=O)C4=C3c3cccc(O)c3)C21. The summed E-state index contributed by atoms with van der Waals surface area (Å²) in [4.78, 5) is 26.9. The number of phenolic OH excluding ortho intramolecular Hbond substituents is 1. The number of aromatic hydroxyl groups is 1. The fourth-order valence-electron chi connectivity index (χ4n) is 7.50. The number of hydrogen-bond donors (Lipinski definition) is 1. The van der Waals surface area contributed by atoms with Gasteiger partial charge in [0.1, 0.15) is 17.3 Å². The lowest BCUT2D eigenvalue weighted by Gasteiger charge is -2.56. The highest BCUT2D eigenvalue weighted by atomic mass is 16.5. The van der Waals surface area contributed by atoms with Crippen LogP contribution in [0.15, 0.2) is 64.7 Å². The number of carbonyl (C=O) groups excluding carboxylic acids is 2. The van der Waals surface area contributed by atoms with Crippen molar-refractivity contribution in [1.29, 1.82) is 0 Å². The van der Waals surface area contributed by atoms with Crippen molar-refractivity contribution in [2.24, 2.45) is 23.2 Å². The molecule has 1 saturated carbocycles. The third-order valence-electron chi connectivity index (χ3n) is 8.74. The number of benzene rings is 1. The summed E-state index contributed by atoms with van der Waals surface area (Å²) in [6, 6.07) is 7.23. The lowest BCUT2D eigenvalue weighted by molar-refractivity contribution is -0.135. The van der Waals surface area contributed by atoms with E-state index >= 15 is 0 Å². The van der Waals surface area contributed by atoms with E-state index in [2.05, 4.69) is 26.0 Å². The van der Waals surface area contributed by atoms with Crippen LogP contribution in [0.4, 0.5) is 0 Å². The molecule has 4 unspecified atom stereocenters. The van der Waals surface area contributed by atoms with Gasteiger partial charge in [0.15, 0.2) is 0 Å². The van der Waals surface area contributed by atoms with Crippen LogP contribution in [-0.4, -0.2) is 17.0 Å². The second kappa shape index (κ2) is 8.25. The zero-order chi connectivity index (χ0) is 24.3. The Labute approximate surface area is 206 Å². The molecule has 2 aliphatic heterocycles. The van der Waals surface area contributed by atoms with Crippen LogP contribution in [0.1, 0.15) is 70.8 Å². The number of allylic oxidation sites excluding steroid dienone is 5. The molecule has 2 bridgehead atoms. The summed E-state index contributed by atoms with van der Waals surface area (Å²) in [6.45, 7) is 4.23. The minimum atomic E-state index is -0.646. The largest absolute Gasteiger partial charge is 0.508 e. The minimum absolute atomic E-state index is 0.115. The molecule has 2 heterocycles. The Morgan fingerprint density at radius 2 is 1.83 bits per heavy atom. The Morgan fingerprint density at radius 3 is 2.60 bits per heavy atom. The lowest BCUT2D eigenvalue weighted by atomic mass is 9.44. The van der Waals surface area contributed by atoms with Gasteiger partial charge in [-0.2, -0.15) is 0 Å². The van der Waals surface area contributed by atoms with Gasteiger partial charge < -0.3 is 14.6 Å². The van der Waals surface area contributed by atoms with Crippen LogP contribution in [0.5, 0.6) is 5.75 Å². The van der Waals surface area contributed by atoms with Crippen LogP contribution in [0.25, 0.3) is 5.57 Å². The quantitative estimate of drug-likeness (QED) is 0.505. The van der Waals surface area contributed by atoms with Crippen LogP contribution >= 0.6 is 0 Å². The molecule has 182 valence electrons. The van der Waals surface area contributed by atoms with E-state index in [9.17, 15) is 14.7 Å². The predicted molar refractivity (Wildman–Crippen MR) is 132 cm³/mol. The number of carbonyl (C=O) groups is 2. The summed E-state index contributed by atoms with van der Waals surface area (Å²) in [5.74, 6) is 1.35. The average molecular weight is 473 g/mol. The summed E-state index contributed by atoms with van der Waals surface area (Å²) in [5, 5.41) is 10.3. The molecule has 5 heteroatoms. The third-order valence-corrected chi connectivity index (χ3v) is 8.74. The molecule has 1 aromatic carbocycles. The lowest BCUT2D eigenvalue weighted by Crippen LogP contribution is -2.52. The van der Waals surface area contributed by atoms with Gasteiger partial charge in [-0.25, -0.2) is 9.59 Å². The van der Waals surface area contributed by atoms with Gasteiger partial charge in [-0.3, -0.25) is 0 Å². The van der Waals surface area contributed by atoms with E-state index in [1.54, 1.807) is 12.1 Å². The van der Waals surface area contributed by atoms with E-state index in [1.165, 1.54) is 0 Å². The highest BCUT2D eigenvalue weighted by Gasteiger charge is 2.68. The molecule has 6 aliphatic rings. The van der Waals surface area contributed by atoms with E-state index in [-0.39, 0.29) is 35.4 Å². The highest BCUT2D eigenvalue weighted by Crippen LogP contribution is 2.71. The van der Waals surface area contributed by atoms with Crippen molar-refractivity contribution in [3.63, 3.8) is 0 Å². The summed E-state index contributed by atoms with van der Waals surface area (Å²) >= 11 is 0. The zero-order valence-electron chi connectivity index (χ0n) is 20.4. The Hall–Kier alpha value is -3.08. The van der Waals surface area contributed by atoms with Crippen LogP contribution in [0.2, 0.25) is 0 Å². The maximum Gasteiger partial charge on any atom is 0.340 e. The molecule has 7 rings (SSSR count). The molecule has 0 radical (unpaired) electrons. The second-order valence-electron chi connectivity index (χ2n) is 10.5. The van der Waals surface area contributed by atoms with Crippen molar-refractivity contribution in [3.05, 3.63) is 70.2 Å². The van der Waals surface area contributed by atoms with Crippen LogP contribution < -0.4 is 0 Å². The van der Waals surface area contributed by atoms with Crippen LogP contribution in [0.3, 0.4) is 0 Å². The molecule has 0 amide bonds. The number of ether oxygens (including phenoxy) is 2. The summed E-state index contributed by atoms with van der Waals surface area (Å²) in [7, 11) is 0. The van der Waals surface area contributed by atoms with Crippen molar-refractivity contribution in [3.8, 4) is 5.75 Å². The number of hydrogen-bond acceptors (Lipinski definition) is 5. The Balaban J connectivity index is 1.61. The normalized spacial score (nSPS) is 33.3. The Bertz CT molecular complexity index is 1240. The van der Waals surface area contributed by atoms with Crippen LogP contribution in [0, 0.1) is 23.2 Å². The number of esters is 2. The maximum atomic E-state index is 13.6. The van der Waals surface area contributed by atoms with E-state index in [0.717, 1.165) is 85.2 Å². The molecule has 5 nitrogen and oxygen atoms in total. The molecule has 1 spiro atoms. The Kier molecular flexibility index (Phi) is 5.28. The molecule has 1 N–H and O–H groups in total. The van der Waals surface area contributed by atoms with Gasteiger partial charge in [-0.05, 0) is 85.8 Å². The topological polar surface area (TPSA) is 72.8 Å². The van der Waals surface area contributed by atoms with Gasteiger partial charge in [0.05, 0.1) is 11.0 Å². The first-order valence-corrected chi connectivity index (χ1v) is 13.1. The predicted octanol–water partition coefficient (Wildman–Crippen LogP) is 6.36. The van der Waals surface area contributed by atoms with Gasteiger partial charge >= 0.3 is 11.9 Å². The number of fused-ring (bicyclic) bond motifs is 1. The van der Waals surface area contributed by atoms with Gasteiger partial charge in [-0.1, -0.05) is 38.8 Å². The number of rotatable bonds is 5. The van der Waals surface area contributed by atoms with E-state index in [1.807, 2.05) is 12.1 Å². The monoisotopic (exact) mass is 472 g/mol. The smallest absolute Gasteiger partial charge is 0.340 e. The van der Waals surface area contributed by atoms with Gasteiger partial charge in [0.25, 0.3) is 0 Å². The first-order chi connectivity index (χ1) is 17.0. The summed E-state index contributed by atoms with van der Waals surface area (Å²) in [5.41, 5.74) is 3.78. The van der Waals surface area contributed by atoms with Crippen molar-refractivity contribution in [2.75, 3.05) is 0 Å². The van der Waals surface area contributed by atoms with Crippen molar-refractivity contribution in [2.45, 2.75) is 65.2 Å². The molecular formula is C30H32O5. The molecule has 1 aromatic rings. The van der Waals surface area contributed by atoms with Crippen LogP contribution in [-0.2, 0) is 19.1 Å². The standard InChI is InChI=1S/C30H32O5/c1-3-5-10-22-21-13-12-20-19-14-15-30(26(20)25(21)28(32)34-22)23(11-6-4-2)35-29(33)27(30)24(19)17-8-7-9-18(31)16-17/h7-11,16,19-20,26,31H,3-6,12-15H2,1-2H3. The highest BCUT2D eigenvalue weighted by molar-refractivity contribution is 6.06. The molecule has 4 atom stereocenters. The van der Waals surface area contributed by atoms with Crippen molar-refractivity contribution in [1.82, 2.24) is 0 Å². The summed E-state index contributed by atoms with van der Waals surface area (Å²) < 4.78 is 11.9. The number of unbranched alkanes of at least 4 members (excludes halogenated alkanes) is 2. The fraction of sp³-hybridized carbons (Fsp3) is 0.467. The van der Waals surface area contributed by atoms with Gasteiger partial charge in [-0.15, -0.1) is 0 Å². The van der Waals surface area contributed by atoms with Crippen molar-refractivity contribution >= 4 is 17.5 Å². The third kappa shape index (κ3) is 3.06. The first-order valence-electron chi connectivity index (χ1n) is 13.1. The fourth-order valence-corrected chi connectivity index (χ4v) is 7.50. The minimum Gasteiger partial charge on any atom is -0.508 e. The molecular weight excluding hydrogens is 440 g/mol. The summed E-state index contributed by atoms with van der Waals surface area (Å²) in [6.07, 6.45) is 11.3. The van der Waals surface area contributed by atoms with Gasteiger partial charge in [0.2, 0.25) is 0 Å². The molecule has 2 fully saturated rings. The molecule has 0 aromatic heterocycles. The molecule has 35 heavy (non-hydrogen) atoms. The number of cyclic esters (lactones) is 2. The van der Waals surface area contributed by atoms with E-state index < -0.39 is 5.41 Å². The molecule has 1 saturated heterocycles. The average Bonchev–Trinajstić information content (AvgIpc) is 3.35. The van der Waals surface area contributed by atoms with E-state index in [4.69, 9.17) is 9.47 Å². The van der Waals surface area contributed by atoms with Crippen molar-refractivity contribution < 1.29 is 24.2 Å². The Morgan fingerprint density at radius 1 is 1.03 bits per heavy atom. The van der Waals surface area contributed by atoms with E-state index in [0.29, 0.717) is 5.57 Å². The zero-order valence-corrected chi connectivity index (χ0v) is 20.4. The first kappa shape index (κ1) is 22.4. The van der Waals surface area contributed by atoms with Gasteiger partial charge in [0, 0.05) is 17.1 Å². The molecule has 4 aliphatic carbocycles.